The van der Waals surface area contributed by atoms with Crippen molar-refractivity contribution in [3.05, 3.63) is 107 Å². The number of nitrogens with one attached hydrogen (secondary N) is 3. The lowest BCUT2D eigenvalue weighted by atomic mass is 9.93. The van der Waals surface area contributed by atoms with Gasteiger partial charge in [0.15, 0.2) is 0 Å². The number of fused-ring (bicyclic) bond motifs is 5. The Kier molecular flexibility index (Phi) is 13.0. The predicted molar refractivity (Wildman–Crippen MR) is 219 cm³/mol. The molecule has 2 aliphatic heterocycles. The second kappa shape index (κ2) is 18.3. The summed E-state index contributed by atoms with van der Waals surface area (Å²) in [6.45, 7) is 3.84. The molecule has 4 aromatic carbocycles. The molecule has 0 spiro atoms. The summed E-state index contributed by atoms with van der Waals surface area (Å²) in [7, 11) is 1.40. The van der Waals surface area contributed by atoms with Crippen molar-refractivity contribution in [3.63, 3.8) is 0 Å². The van der Waals surface area contributed by atoms with E-state index in [0.29, 0.717) is 24.0 Å². The number of phenolic OH excluding ortho intramolecular Hbond substituents is 2. The van der Waals surface area contributed by atoms with E-state index in [9.17, 15) is 44.1 Å². The molecule has 6 rings (SSSR count). The van der Waals surface area contributed by atoms with Gasteiger partial charge in [-0.25, -0.2) is 4.79 Å². The van der Waals surface area contributed by atoms with E-state index in [-0.39, 0.29) is 65.9 Å². The maximum absolute atomic E-state index is 14.3. The maximum Gasteiger partial charge on any atom is 0.326 e. The Labute approximate surface area is 342 Å². The second-order valence-electron chi connectivity index (χ2n) is 15.1. The molecule has 2 heterocycles. The van der Waals surface area contributed by atoms with Crippen molar-refractivity contribution in [2.45, 2.75) is 76.5 Å². The number of carbonyl (C=O) groups is 6. The standard InChI is InChI=1S/C45H49N5O9/c1-4-6-27-8-11-29(12-9-27)30-13-15-31(16-14-30)42(55)46-21-20-39(53)50-22-5-7-36(50)44(57)49(3)40-32-17-19-38(52)34(25-32)33-23-28(10-18-37(33)51)24-35(45(58)59)48-41(54)26(2)47-43(40)56/h8-19,23,25-26,35-36,40,51-52H,4-7,20-22,24H2,1-3H3,(H,46,55)(H,47,56)(H,48,54)(H,58,59)/t26-,35+,36-,40+/m0/s1. The Morgan fingerprint density at radius 1 is 0.847 bits per heavy atom. The summed E-state index contributed by atoms with van der Waals surface area (Å²) in [6, 6.07) is 19.2. The third-order valence-electron chi connectivity index (χ3n) is 10.9. The fourth-order valence-electron chi connectivity index (χ4n) is 7.69. The van der Waals surface area contributed by atoms with Crippen molar-refractivity contribution in [3.8, 4) is 33.8 Å². The molecule has 59 heavy (non-hydrogen) atoms. The second-order valence-corrected chi connectivity index (χ2v) is 15.1. The lowest BCUT2D eigenvalue weighted by molar-refractivity contribution is -0.147. The van der Waals surface area contributed by atoms with Crippen LogP contribution in [0, 0.1) is 0 Å². The van der Waals surface area contributed by atoms with Crippen LogP contribution in [0.15, 0.2) is 84.9 Å². The number of likely N-dealkylation sites (tertiary alicyclic amines) is 1. The summed E-state index contributed by atoms with van der Waals surface area (Å²) in [6.07, 6.45) is 2.70. The van der Waals surface area contributed by atoms with Crippen molar-refractivity contribution in [2.75, 3.05) is 20.1 Å². The van der Waals surface area contributed by atoms with Crippen molar-refractivity contribution in [2.24, 2.45) is 0 Å². The largest absolute Gasteiger partial charge is 0.507 e. The van der Waals surface area contributed by atoms with Gasteiger partial charge in [-0.15, -0.1) is 0 Å². The quantitative estimate of drug-likeness (QED) is 0.135. The van der Waals surface area contributed by atoms with Gasteiger partial charge in [-0.2, -0.15) is 0 Å². The fraction of sp³-hybridized carbons (Fsp3) is 0.333. The van der Waals surface area contributed by atoms with E-state index in [1.807, 2.05) is 12.1 Å². The molecule has 4 bridgehead atoms. The smallest absolute Gasteiger partial charge is 0.326 e. The molecule has 0 unspecified atom stereocenters. The Morgan fingerprint density at radius 2 is 1.49 bits per heavy atom. The molecule has 4 aromatic rings. The first-order chi connectivity index (χ1) is 28.2. The molecule has 2 aliphatic rings. The van der Waals surface area contributed by atoms with Crippen molar-refractivity contribution in [1.82, 2.24) is 25.8 Å². The lowest BCUT2D eigenvalue weighted by Crippen LogP contribution is -2.54. The van der Waals surface area contributed by atoms with Crippen molar-refractivity contribution in [1.29, 1.82) is 0 Å². The van der Waals surface area contributed by atoms with Gasteiger partial charge in [0.2, 0.25) is 23.6 Å². The minimum atomic E-state index is -1.38. The molecule has 6 N–H and O–H groups in total. The first kappa shape index (κ1) is 41.9. The molecule has 0 aromatic heterocycles. The average Bonchev–Trinajstić information content (AvgIpc) is 3.72. The van der Waals surface area contributed by atoms with Crippen LogP contribution in [0.1, 0.15) is 72.6 Å². The van der Waals surface area contributed by atoms with E-state index in [0.717, 1.165) is 24.0 Å². The van der Waals surface area contributed by atoms with Gasteiger partial charge in [-0.3, -0.25) is 24.0 Å². The third kappa shape index (κ3) is 9.54. The molecule has 5 amide bonds. The maximum atomic E-state index is 14.3. The number of aromatic hydroxyl groups is 2. The van der Waals surface area contributed by atoms with E-state index in [1.165, 1.54) is 65.7 Å². The highest BCUT2D eigenvalue weighted by Crippen LogP contribution is 2.39. The summed E-state index contributed by atoms with van der Waals surface area (Å²) in [5.74, 6) is -4.60. The number of rotatable bonds is 10. The molecule has 0 aliphatic carbocycles. The minimum Gasteiger partial charge on any atom is -0.507 e. The van der Waals surface area contributed by atoms with Crippen LogP contribution in [0.25, 0.3) is 22.3 Å². The third-order valence-corrected chi connectivity index (χ3v) is 10.9. The summed E-state index contributed by atoms with van der Waals surface area (Å²) < 4.78 is 0. The van der Waals surface area contributed by atoms with Gasteiger partial charge in [-0.05, 0) is 90.4 Å². The van der Waals surface area contributed by atoms with Gasteiger partial charge in [0.05, 0.1) is 0 Å². The van der Waals surface area contributed by atoms with Gasteiger partial charge >= 0.3 is 5.97 Å². The number of aliphatic carboxylic acids is 1. The molecule has 14 nitrogen and oxygen atoms in total. The summed E-state index contributed by atoms with van der Waals surface area (Å²) >= 11 is 0. The Balaban J connectivity index is 1.17. The predicted octanol–water partition coefficient (Wildman–Crippen LogP) is 4.33. The van der Waals surface area contributed by atoms with Gasteiger partial charge in [-0.1, -0.05) is 61.9 Å². The Morgan fingerprint density at radius 3 is 2.15 bits per heavy atom. The lowest BCUT2D eigenvalue weighted by Gasteiger charge is -2.33. The zero-order valence-electron chi connectivity index (χ0n) is 33.2. The van der Waals surface area contributed by atoms with E-state index in [1.54, 1.807) is 12.1 Å². The number of aryl methyl sites for hydroxylation is 1. The number of nitrogens with zero attached hydrogens (tertiary/aromatic N) is 2. The van der Waals surface area contributed by atoms with Crippen molar-refractivity contribution < 1.29 is 44.1 Å². The minimum absolute atomic E-state index is 0.0314. The molecule has 0 radical (unpaired) electrons. The topological polar surface area (TPSA) is 206 Å². The Bertz CT molecular complexity index is 2240. The summed E-state index contributed by atoms with van der Waals surface area (Å²) in [4.78, 5) is 82.8. The van der Waals surface area contributed by atoms with Crippen LogP contribution in [0.2, 0.25) is 0 Å². The van der Waals surface area contributed by atoms with E-state index < -0.39 is 47.9 Å². The first-order valence-corrected chi connectivity index (χ1v) is 19.8. The zero-order valence-corrected chi connectivity index (χ0v) is 33.2. The van der Waals surface area contributed by atoms with Gasteiger partial charge < -0.3 is 41.1 Å². The monoisotopic (exact) mass is 803 g/mol. The van der Waals surface area contributed by atoms with Crippen LogP contribution >= 0.6 is 0 Å². The molecule has 4 atom stereocenters. The highest BCUT2D eigenvalue weighted by molar-refractivity contribution is 5.97. The molecule has 14 heteroatoms. The van der Waals surface area contributed by atoms with Crippen LogP contribution in [0.4, 0.5) is 0 Å². The van der Waals surface area contributed by atoms with Gasteiger partial charge in [0.1, 0.15) is 35.7 Å². The SMILES string of the molecule is CCCc1ccc(-c2ccc(C(=O)NCCC(=O)N3CCC[C@H]3C(=O)N(C)[C@H]3C(=O)N[C@@H](C)C(=O)N[C@@H](C(=O)O)Cc4ccc(O)c(c4)-c4cc3ccc4O)cc2)cc1. The molecular formula is C45H49N5O9. The fourth-order valence-corrected chi connectivity index (χ4v) is 7.69. The number of likely N-dealkylation sites (N-methyl/N-ethyl adjacent to an activating group) is 1. The van der Waals surface area contributed by atoms with Gasteiger partial charge in [0.25, 0.3) is 5.91 Å². The van der Waals surface area contributed by atoms with Crippen LogP contribution in [0.3, 0.4) is 0 Å². The van der Waals surface area contributed by atoms with Crippen molar-refractivity contribution >= 4 is 35.5 Å². The number of amides is 5. The highest BCUT2D eigenvalue weighted by atomic mass is 16.4. The molecule has 1 fully saturated rings. The molecule has 0 saturated carbocycles. The number of carboxylic acids is 1. The molecule has 1 saturated heterocycles. The van der Waals surface area contributed by atoms with Crippen LogP contribution in [0.5, 0.6) is 11.5 Å². The van der Waals surface area contributed by atoms with Crippen LogP contribution < -0.4 is 16.0 Å². The Hall–Kier alpha value is -6.70. The zero-order chi connectivity index (χ0) is 42.4. The number of carboxylic acid groups (broad SMARTS) is 1. The van der Waals surface area contributed by atoms with E-state index in [4.69, 9.17) is 0 Å². The first-order valence-electron chi connectivity index (χ1n) is 19.8. The number of benzene rings is 4. The average molecular weight is 804 g/mol. The normalized spacial score (nSPS) is 19.2. The number of carbonyl (C=O) groups excluding carboxylic acids is 5. The van der Waals surface area contributed by atoms with E-state index in [2.05, 4.69) is 47.1 Å². The number of hydrogen-bond acceptors (Lipinski definition) is 8. The van der Waals surface area contributed by atoms with E-state index >= 15 is 0 Å². The molecule has 308 valence electrons. The summed E-state index contributed by atoms with van der Waals surface area (Å²) in [5, 5.41) is 39.5. The van der Waals surface area contributed by atoms with Crippen LogP contribution in [-0.2, 0) is 36.8 Å². The number of phenols is 2. The van der Waals surface area contributed by atoms with Gasteiger partial charge in [0, 0.05) is 49.7 Å². The molecular weight excluding hydrogens is 755 g/mol. The van der Waals surface area contributed by atoms with Crippen LogP contribution in [-0.4, -0.2) is 98.9 Å². The number of hydrogen-bond donors (Lipinski definition) is 6. The summed E-state index contributed by atoms with van der Waals surface area (Å²) in [5.41, 5.74) is 4.66. The highest BCUT2D eigenvalue weighted by Gasteiger charge is 2.40.